The first-order chi connectivity index (χ1) is 11.5. The van der Waals surface area contributed by atoms with Crippen LogP contribution in [0.2, 0.25) is 0 Å². The lowest BCUT2D eigenvalue weighted by Crippen LogP contribution is -2.15. The minimum Gasteiger partial charge on any atom is -0.477 e. The molecule has 24 heavy (non-hydrogen) atoms. The molecule has 1 aliphatic heterocycles. The van der Waals surface area contributed by atoms with Gasteiger partial charge in [-0.15, -0.1) is 11.3 Å². The van der Waals surface area contributed by atoms with Gasteiger partial charge in [-0.05, 0) is 42.5 Å². The Morgan fingerprint density at radius 2 is 2.00 bits per heavy atom. The summed E-state index contributed by atoms with van der Waals surface area (Å²) in [7, 11) is 0. The van der Waals surface area contributed by atoms with E-state index in [0.717, 1.165) is 29.7 Å². The van der Waals surface area contributed by atoms with E-state index in [0.29, 0.717) is 13.2 Å². The predicted molar refractivity (Wildman–Crippen MR) is 88.4 cm³/mol. The summed E-state index contributed by atoms with van der Waals surface area (Å²) in [5.74, 6) is -1.85. The molecule has 7 heteroatoms. The van der Waals surface area contributed by atoms with E-state index in [1.165, 1.54) is 17.5 Å². The van der Waals surface area contributed by atoms with Gasteiger partial charge in [0.1, 0.15) is 10.7 Å². The van der Waals surface area contributed by atoms with Gasteiger partial charge < -0.3 is 15.2 Å². The number of carboxylic acids is 1. The highest BCUT2D eigenvalue weighted by Crippen LogP contribution is 2.29. The molecule has 3 rings (SSSR count). The lowest BCUT2D eigenvalue weighted by Gasteiger charge is -2.22. The Bertz CT molecular complexity index is 768. The van der Waals surface area contributed by atoms with Crippen molar-refractivity contribution in [2.45, 2.75) is 18.8 Å². The van der Waals surface area contributed by atoms with Gasteiger partial charge in [0.2, 0.25) is 0 Å². The number of amides is 1. The summed E-state index contributed by atoms with van der Waals surface area (Å²) in [6, 6.07) is 6.08. The highest BCUT2D eigenvalue weighted by atomic mass is 32.1. The third-order valence-corrected chi connectivity index (χ3v) is 4.92. The number of hydrogen-bond donors (Lipinski definition) is 2. The second-order valence-electron chi connectivity index (χ2n) is 5.58. The molecule has 0 saturated carbocycles. The topological polar surface area (TPSA) is 75.6 Å². The Balaban J connectivity index is 1.72. The maximum atomic E-state index is 14.3. The van der Waals surface area contributed by atoms with Gasteiger partial charge in [0, 0.05) is 18.6 Å². The van der Waals surface area contributed by atoms with Gasteiger partial charge in [0.15, 0.2) is 0 Å². The van der Waals surface area contributed by atoms with Crippen molar-refractivity contribution in [1.29, 1.82) is 0 Å². The monoisotopic (exact) mass is 349 g/mol. The van der Waals surface area contributed by atoms with Gasteiger partial charge in [-0.1, -0.05) is 6.07 Å². The lowest BCUT2D eigenvalue weighted by molar-refractivity contribution is 0.0702. The summed E-state index contributed by atoms with van der Waals surface area (Å²) in [6.07, 6.45) is 1.72. The van der Waals surface area contributed by atoms with Gasteiger partial charge in [0.05, 0.1) is 11.3 Å². The van der Waals surface area contributed by atoms with Crippen LogP contribution in [-0.2, 0) is 4.74 Å². The minimum absolute atomic E-state index is 0.0653. The quantitative estimate of drug-likeness (QED) is 0.882. The summed E-state index contributed by atoms with van der Waals surface area (Å²) >= 11 is 0.956. The summed E-state index contributed by atoms with van der Waals surface area (Å²) in [4.78, 5) is 23.0. The summed E-state index contributed by atoms with van der Waals surface area (Å²) < 4.78 is 19.6. The zero-order chi connectivity index (χ0) is 17.1. The summed E-state index contributed by atoms with van der Waals surface area (Å²) in [5.41, 5.74) is 1.18. The molecule has 1 aromatic heterocycles. The number of anilines is 1. The van der Waals surface area contributed by atoms with Crippen molar-refractivity contribution in [3.8, 4) is 0 Å². The van der Waals surface area contributed by atoms with Crippen molar-refractivity contribution in [1.82, 2.24) is 0 Å². The molecule has 126 valence electrons. The molecule has 1 fully saturated rings. The van der Waals surface area contributed by atoms with Crippen molar-refractivity contribution >= 4 is 28.9 Å². The highest BCUT2D eigenvalue weighted by Gasteiger charge is 2.18. The van der Waals surface area contributed by atoms with Crippen LogP contribution in [0.25, 0.3) is 0 Å². The lowest BCUT2D eigenvalue weighted by atomic mass is 9.91. The summed E-state index contributed by atoms with van der Waals surface area (Å²) in [6.45, 7) is 1.35. The molecule has 2 aromatic rings. The first-order valence-corrected chi connectivity index (χ1v) is 8.43. The van der Waals surface area contributed by atoms with Gasteiger partial charge in [-0.3, -0.25) is 4.79 Å². The molecule has 0 aliphatic carbocycles. The van der Waals surface area contributed by atoms with Crippen LogP contribution >= 0.6 is 11.3 Å². The predicted octanol–water partition coefficient (Wildman–Crippen LogP) is 3.73. The number of carboxylic acid groups (broad SMARTS) is 1. The molecule has 2 N–H and O–H groups in total. The van der Waals surface area contributed by atoms with Gasteiger partial charge in [-0.25, -0.2) is 9.18 Å². The minimum atomic E-state index is -1.09. The number of hydrogen-bond acceptors (Lipinski definition) is 4. The van der Waals surface area contributed by atoms with Crippen LogP contribution in [-0.4, -0.2) is 30.2 Å². The van der Waals surface area contributed by atoms with E-state index < -0.39 is 17.7 Å². The van der Waals surface area contributed by atoms with Crippen LogP contribution in [0.1, 0.15) is 44.4 Å². The van der Waals surface area contributed by atoms with E-state index in [1.54, 1.807) is 6.07 Å². The molecule has 0 spiro atoms. The number of carbonyl (C=O) groups excluding carboxylic acids is 1. The number of halogens is 1. The van der Waals surface area contributed by atoms with E-state index in [9.17, 15) is 14.0 Å². The molecule has 0 unspecified atom stereocenters. The molecule has 5 nitrogen and oxygen atoms in total. The van der Waals surface area contributed by atoms with Crippen LogP contribution in [0.5, 0.6) is 0 Å². The molecule has 0 bridgehead atoms. The normalized spacial score (nSPS) is 15.2. The average Bonchev–Trinajstić information content (AvgIpc) is 3.08. The fourth-order valence-corrected chi connectivity index (χ4v) is 3.40. The van der Waals surface area contributed by atoms with Crippen LogP contribution in [0.3, 0.4) is 0 Å². The Morgan fingerprint density at radius 1 is 1.25 bits per heavy atom. The zero-order valence-corrected chi connectivity index (χ0v) is 13.6. The third kappa shape index (κ3) is 3.63. The average molecular weight is 349 g/mol. The van der Waals surface area contributed by atoms with Crippen LogP contribution in [0, 0.1) is 5.82 Å². The smallest absolute Gasteiger partial charge is 0.345 e. The third-order valence-electron chi connectivity index (χ3n) is 4.01. The number of rotatable bonds is 4. The van der Waals surface area contributed by atoms with E-state index in [2.05, 4.69) is 5.32 Å². The second-order valence-corrected chi connectivity index (χ2v) is 6.50. The highest BCUT2D eigenvalue weighted by molar-refractivity contribution is 7.12. The number of aromatic carboxylic acids is 1. The van der Waals surface area contributed by atoms with Gasteiger partial charge in [-0.2, -0.15) is 0 Å². The molecular weight excluding hydrogens is 333 g/mol. The maximum Gasteiger partial charge on any atom is 0.345 e. The fraction of sp³-hybridized carbons (Fsp3) is 0.294. The second kappa shape index (κ2) is 7.11. The van der Waals surface area contributed by atoms with Crippen molar-refractivity contribution in [3.63, 3.8) is 0 Å². The SMILES string of the molecule is O=C(Nc1ccc(C2CCOCC2)cc1F)c1csc(C(=O)O)c1. The van der Waals surface area contributed by atoms with Gasteiger partial charge in [0.25, 0.3) is 5.91 Å². The molecule has 1 aromatic carbocycles. The van der Waals surface area contributed by atoms with E-state index in [-0.39, 0.29) is 22.0 Å². The molecule has 1 saturated heterocycles. The number of carbonyl (C=O) groups is 2. The van der Waals surface area contributed by atoms with E-state index >= 15 is 0 Å². The molecular formula is C17H16FNO4S. The molecule has 0 radical (unpaired) electrons. The Hall–Kier alpha value is -2.25. The number of nitrogens with one attached hydrogen (secondary N) is 1. The maximum absolute atomic E-state index is 14.3. The van der Waals surface area contributed by atoms with Crippen LogP contribution in [0.4, 0.5) is 10.1 Å². The van der Waals surface area contributed by atoms with Gasteiger partial charge >= 0.3 is 5.97 Å². The van der Waals surface area contributed by atoms with E-state index in [4.69, 9.17) is 9.84 Å². The Labute approximate surface area is 142 Å². The fourth-order valence-electron chi connectivity index (χ4n) is 2.68. The number of ether oxygens (including phenoxy) is 1. The molecule has 0 atom stereocenters. The number of thiophene rings is 1. The molecule has 1 amide bonds. The first-order valence-electron chi connectivity index (χ1n) is 7.55. The van der Waals surface area contributed by atoms with Crippen molar-refractivity contribution in [2.24, 2.45) is 0 Å². The Morgan fingerprint density at radius 3 is 2.62 bits per heavy atom. The Kier molecular flexibility index (Phi) is 4.92. The van der Waals surface area contributed by atoms with Crippen LogP contribution in [0.15, 0.2) is 29.6 Å². The largest absolute Gasteiger partial charge is 0.477 e. The van der Waals surface area contributed by atoms with Crippen molar-refractivity contribution in [3.05, 3.63) is 51.5 Å². The van der Waals surface area contributed by atoms with E-state index in [1.807, 2.05) is 6.07 Å². The summed E-state index contributed by atoms with van der Waals surface area (Å²) in [5, 5.41) is 12.8. The molecule has 1 aliphatic rings. The zero-order valence-electron chi connectivity index (χ0n) is 12.8. The van der Waals surface area contributed by atoms with Crippen molar-refractivity contribution in [2.75, 3.05) is 18.5 Å². The van der Waals surface area contributed by atoms with Crippen molar-refractivity contribution < 1.29 is 23.8 Å². The standard InChI is InChI=1S/C17H16FNO4S/c18-13-7-11(10-3-5-23-6-4-10)1-2-14(13)19-16(20)12-8-15(17(21)22)24-9-12/h1-2,7-10H,3-6H2,(H,19,20)(H,21,22). The number of benzene rings is 1. The molecule has 2 heterocycles. The van der Waals surface area contributed by atoms with Crippen LogP contribution < -0.4 is 5.32 Å². The first kappa shape index (κ1) is 16.6.